The minimum atomic E-state index is -0.197. The third-order valence-corrected chi connectivity index (χ3v) is 5.95. The highest BCUT2D eigenvalue weighted by molar-refractivity contribution is 7.12. The van der Waals surface area contributed by atoms with E-state index in [1.165, 1.54) is 22.5 Å². The molecule has 3 rings (SSSR count). The van der Waals surface area contributed by atoms with Crippen LogP contribution in [-0.4, -0.2) is 36.3 Å². The Balaban J connectivity index is 1.82. The van der Waals surface area contributed by atoms with Crippen molar-refractivity contribution in [2.45, 2.75) is 32.6 Å². The summed E-state index contributed by atoms with van der Waals surface area (Å²) in [5, 5.41) is 4.98. The van der Waals surface area contributed by atoms with E-state index in [2.05, 4.69) is 31.3 Å². The predicted octanol–water partition coefficient (Wildman–Crippen LogP) is 3.83. The van der Waals surface area contributed by atoms with Gasteiger partial charge in [0.15, 0.2) is 0 Å². The normalized spacial score (nSPS) is 19.5. The highest BCUT2D eigenvalue weighted by Gasteiger charge is 2.41. The molecule has 2 unspecified atom stereocenters. The van der Waals surface area contributed by atoms with E-state index in [4.69, 9.17) is 0 Å². The van der Waals surface area contributed by atoms with Crippen molar-refractivity contribution < 1.29 is 9.59 Å². The first kappa shape index (κ1) is 18.6. The van der Waals surface area contributed by atoms with E-state index in [1.807, 2.05) is 34.5 Å². The lowest BCUT2D eigenvalue weighted by atomic mass is 9.86. The molecule has 1 N–H and O–H groups in total. The molecule has 2 atom stereocenters. The molecule has 0 aliphatic carbocycles. The van der Waals surface area contributed by atoms with Crippen LogP contribution >= 0.6 is 11.3 Å². The summed E-state index contributed by atoms with van der Waals surface area (Å²) >= 11 is 1.45. The van der Waals surface area contributed by atoms with Crippen molar-refractivity contribution in [3.8, 4) is 0 Å². The van der Waals surface area contributed by atoms with Crippen molar-refractivity contribution in [3.63, 3.8) is 0 Å². The molecule has 2 amide bonds. The maximum absolute atomic E-state index is 12.8. The van der Waals surface area contributed by atoms with Gasteiger partial charge in [0.2, 0.25) is 5.91 Å². The summed E-state index contributed by atoms with van der Waals surface area (Å²) in [5.74, 6) is -0.0609. The Labute approximate surface area is 159 Å². The van der Waals surface area contributed by atoms with Crippen LogP contribution in [0.4, 0.5) is 0 Å². The molecule has 1 aliphatic rings. The van der Waals surface area contributed by atoms with Gasteiger partial charge >= 0.3 is 0 Å². The van der Waals surface area contributed by atoms with Gasteiger partial charge in [0, 0.05) is 25.6 Å². The lowest BCUT2D eigenvalue weighted by Gasteiger charge is -2.19. The molecule has 2 aromatic rings. The molecular weight excluding hydrogens is 344 g/mol. The van der Waals surface area contributed by atoms with Gasteiger partial charge in [-0.1, -0.05) is 43.7 Å². The molecule has 0 bridgehead atoms. The monoisotopic (exact) mass is 370 g/mol. The largest absolute Gasteiger partial charge is 0.356 e. The fourth-order valence-corrected chi connectivity index (χ4v) is 4.32. The average Bonchev–Trinajstić information content (AvgIpc) is 3.32. The van der Waals surface area contributed by atoms with Gasteiger partial charge in [-0.25, -0.2) is 0 Å². The molecule has 1 aromatic heterocycles. The van der Waals surface area contributed by atoms with Gasteiger partial charge in [-0.15, -0.1) is 11.3 Å². The van der Waals surface area contributed by atoms with Gasteiger partial charge in [-0.3, -0.25) is 9.59 Å². The Morgan fingerprint density at radius 3 is 2.69 bits per heavy atom. The number of aryl methyl sites for hydroxylation is 1. The second kappa shape index (κ2) is 8.49. The van der Waals surface area contributed by atoms with Gasteiger partial charge in [0.25, 0.3) is 5.91 Å². The zero-order valence-electron chi connectivity index (χ0n) is 15.4. The van der Waals surface area contributed by atoms with Gasteiger partial charge in [0.1, 0.15) is 0 Å². The second-order valence-corrected chi connectivity index (χ2v) is 7.85. The molecule has 1 aliphatic heterocycles. The Morgan fingerprint density at radius 1 is 1.19 bits per heavy atom. The van der Waals surface area contributed by atoms with Crippen molar-refractivity contribution in [1.29, 1.82) is 0 Å². The fourth-order valence-electron chi connectivity index (χ4n) is 3.63. The number of thiophene rings is 1. The molecular formula is C21H26N2O2S. The number of carbonyl (C=O) groups is 2. The van der Waals surface area contributed by atoms with E-state index in [1.54, 1.807) is 0 Å². The van der Waals surface area contributed by atoms with Crippen LogP contribution in [0.2, 0.25) is 0 Å². The number of hydrogen-bond donors (Lipinski definition) is 1. The quantitative estimate of drug-likeness (QED) is 0.786. The molecule has 26 heavy (non-hydrogen) atoms. The van der Waals surface area contributed by atoms with E-state index in [0.29, 0.717) is 19.6 Å². The minimum Gasteiger partial charge on any atom is -0.356 e. The summed E-state index contributed by atoms with van der Waals surface area (Å²) in [7, 11) is 0. The lowest BCUT2D eigenvalue weighted by molar-refractivity contribution is -0.124. The van der Waals surface area contributed by atoms with Gasteiger partial charge in [0.05, 0.1) is 10.8 Å². The topological polar surface area (TPSA) is 49.4 Å². The van der Waals surface area contributed by atoms with Crippen LogP contribution in [0.1, 0.15) is 46.5 Å². The molecule has 1 fully saturated rings. The zero-order valence-corrected chi connectivity index (χ0v) is 16.2. The average molecular weight is 371 g/mol. The standard InChI is InChI=1S/C21H26N2O2S/c1-3-4-11-22-20(24)18-14-23(21(25)19-10-7-12-26-19)13-17(18)16-9-6-5-8-15(16)2/h5-10,12,17-18H,3-4,11,13-14H2,1-2H3,(H,22,24). The third kappa shape index (κ3) is 3.98. The summed E-state index contributed by atoms with van der Waals surface area (Å²) in [5.41, 5.74) is 2.35. The van der Waals surface area contributed by atoms with Crippen molar-refractivity contribution >= 4 is 23.2 Å². The van der Waals surface area contributed by atoms with Gasteiger partial charge in [-0.05, 0) is 35.9 Å². The number of unbranched alkanes of at least 4 members (excludes halogenated alkanes) is 1. The number of nitrogens with zero attached hydrogens (tertiary/aromatic N) is 1. The van der Waals surface area contributed by atoms with Crippen molar-refractivity contribution in [3.05, 3.63) is 57.8 Å². The van der Waals surface area contributed by atoms with E-state index < -0.39 is 0 Å². The van der Waals surface area contributed by atoms with E-state index in [9.17, 15) is 9.59 Å². The van der Waals surface area contributed by atoms with Crippen LogP contribution in [0.25, 0.3) is 0 Å². The summed E-state index contributed by atoms with van der Waals surface area (Å²) in [4.78, 5) is 28.2. The number of carbonyl (C=O) groups excluding carboxylic acids is 2. The summed E-state index contributed by atoms with van der Waals surface area (Å²) in [6, 6.07) is 11.9. The predicted molar refractivity (Wildman–Crippen MR) is 106 cm³/mol. The SMILES string of the molecule is CCCCNC(=O)C1CN(C(=O)c2cccs2)CC1c1ccccc1C. The molecule has 0 spiro atoms. The Hall–Kier alpha value is -2.14. The molecule has 5 heteroatoms. The summed E-state index contributed by atoms with van der Waals surface area (Å²) < 4.78 is 0. The Kier molecular flexibility index (Phi) is 6.09. The number of rotatable bonds is 6. The number of nitrogens with one attached hydrogen (secondary N) is 1. The fraction of sp³-hybridized carbons (Fsp3) is 0.429. The molecule has 1 saturated heterocycles. The first-order valence-electron chi connectivity index (χ1n) is 9.27. The molecule has 138 valence electrons. The van der Waals surface area contributed by atoms with E-state index in [0.717, 1.165) is 17.7 Å². The van der Waals surface area contributed by atoms with Crippen molar-refractivity contribution in [2.24, 2.45) is 5.92 Å². The Morgan fingerprint density at radius 2 is 2.00 bits per heavy atom. The number of amides is 2. The highest BCUT2D eigenvalue weighted by atomic mass is 32.1. The van der Waals surface area contributed by atoms with Crippen molar-refractivity contribution in [1.82, 2.24) is 10.2 Å². The number of hydrogen-bond acceptors (Lipinski definition) is 3. The zero-order chi connectivity index (χ0) is 18.5. The molecule has 0 saturated carbocycles. The molecule has 1 aromatic carbocycles. The molecule has 2 heterocycles. The van der Waals surface area contributed by atoms with E-state index in [-0.39, 0.29) is 23.7 Å². The lowest BCUT2D eigenvalue weighted by Crippen LogP contribution is -2.36. The second-order valence-electron chi connectivity index (χ2n) is 6.90. The first-order valence-corrected chi connectivity index (χ1v) is 10.2. The van der Waals surface area contributed by atoms with Gasteiger partial charge < -0.3 is 10.2 Å². The summed E-state index contributed by atoms with van der Waals surface area (Å²) in [6.45, 7) is 5.96. The van der Waals surface area contributed by atoms with Crippen LogP contribution in [-0.2, 0) is 4.79 Å². The maximum Gasteiger partial charge on any atom is 0.263 e. The number of benzene rings is 1. The van der Waals surface area contributed by atoms with Crippen LogP contribution in [0.5, 0.6) is 0 Å². The van der Waals surface area contributed by atoms with Gasteiger partial charge in [-0.2, -0.15) is 0 Å². The molecule has 0 radical (unpaired) electrons. The van der Waals surface area contributed by atoms with Crippen LogP contribution in [0, 0.1) is 12.8 Å². The van der Waals surface area contributed by atoms with E-state index >= 15 is 0 Å². The number of likely N-dealkylation sites (tertiary alicyclic amines) is 1. The Bertz CT molecular complexity index is 757. The summed E-state index contributed by atoms with van der Waals surface area (Å²) in [6.07, 6.45) is 2.03. The first-order chi connectivity index (χ1) is 12.6. The van der Waals surface area contributed by atoms with Crippen LogP contribution < -0.4 is 5.32 Å². The van der Waals surface area contributed by atoms with Crippen LogP contribution in [0.3, 0.4) is 0 Å². The smallest absolute Gasteiger partial charge is 0.263 e. The minimum absolute atomic E-state index is 0.0300. The maximum atomic E-state index is 12.8. The van der Waals surface area contributed by atoms with Crippen molar-refractivity contribution in [2.75, 3.05) is 19.6 Å². The van der Waals surface area contributed by atoms with Crippen LogP contribution in [0.15, 0.2) is 41.8 Å². The third-order valence-electron chi connectivity index (χ3n) is 5.09. The highest BCUT2D eigenvalue weighted by Crippen LogP contribution is 2.35. The molecule has 4 nitrogen and oxygen atoms in total.